The molecule has 0 amide bonds. The Bertz CT molecular complexity index is 330. The maximum atomic E-state index is 13.0. The van der Waals surface area contributed by atoms with Gasteiger partial charge in [0.05, 0.1) is 12.1 Å². The molecule has 0 aromatic heterocycles. The van der Waals surface area contributed by atoms with Crippen molar-refractivity contribution >= 4 is 5.69 Å². The first-order chi connectivity index (χ1) is 6.38. The van der Waals surface area contributed by atoms with Gasteiger partial charge in [0.15, 0.2) is 0 Å². The summed E-state index contributed by atoms with van der Waals surface area (Å²) in [6.45, 7) is 1.06. The van der Waals surface area contributed by atoms with Crippen LogP contribution in [0.25, 0.3) is 0 Å². The first-order valence-corrected chi connectivity index (χ1v) is 4.03. The summed E-state index contributed by atoms with van der Waals surface area (Å²) in [4.78, 5) is 0. The molecule has 0 saturated carbocycles. The van der Waals surface area contributed by atoms with Gasteiger partial charge in [0.1, 0.15) is 17.3 Å². The Kier molecular flexibility index (Phi) is 2.73. The maximum Gasteiger partial charge on any atom is 0.149 e. The zero-order valence-electron chi connectivity index (χ0n) is 7.72. The number of rotatable bonds is 2. The molecule has 5 heteroatoms. The first-order valence-electron chi connectivity index (χ1n) is 4.03. The Morgan fingerprint density at radius 3 is 2.14 bits per heavy atom. The van der Waals surface area contributed by atoms with Crippen LogP contribution in [-0.2, 0) is 5.54 Å². The molecule has 0 aliphatic heterocycles. The maximum absolute atomic E-state index is 13.0. The van der Waals surface area contributed by atoms with Gasteiger partial charge in [0, 0.05) is 0 Å². The number of anilines is 1. The van der Waals surface area contributed by atoms with Crippen molar-refractivity contribution in [3.63, 3.8) is 0 Å². The fourth-order valence-corrected chi connectivity index (χ4v) is 1.01. The Balaban J connectivity index is 3.26. The highest BCUT2D eigenvalue weighted by Gasteiger charge is 2.22. The van der Waals surface area contributed by atoms with Crippen molar-refractivity contribution < 1.29 is 13.9 Å². The summed E-state index contributed by atoms with van der Waals surface area (Å²) in [7, 11) is 0. The number of hydrogen-bond donors (Lipinski definition) is 3. The van der Waals surface area contributed by atoms with Crippen molar-refractivity contribution in [1.82, 2.24) is 0 Å². The molecule has 3 nitrogen and oxygen atoms in total. The second kappa shape index (κ2) is 3.51. The van der Waals surface area contributed by atoms with Gasteiger partial charge in [-0.25, -0.2) is 8.78 Å². The van der Waals surface area contributed by atoms with Gasteiger partial charge in [0.2, 0.25) is 0 Å². The van der Waals surface area contributed by atoms with E-state index in [1.807, 2.05) is 0 Å². The lowest BCUT2D eigenvalue weighted by atomic mass is 9.94. The van der Waals surface area contributed by atoms with Crippen molar-refractivity contribution in [2.45, 2.75) is 12.5 Å². The van der Waals surface area contributed by atoms with Crippen molar-refractivity contribution in [1.29, 1.82) is 0 Å². The van der Waals surface area contributed by atoms with E-state index in [9.17, 15) is 8.78 Å². The Hall–Kier alpha value is -1.20. The van der Waals surface area contributed by atoms with Crippen LogP contribution < -0.4 is 11.5 Å². The highest BCUT2D eigenvalue weighted by Crippen LogP contribution is 2.23. The molecular weight excluding hydrogens is 190 g/mol. The number of benzene rings is 1. The van der Waals surface area contributed by atoms with Crippen molar-refractivity contribution in [2.75, 3.05) is 12.3 Å². The summed E-state index contributed by atoms with van der Waals surface area (Å²) in [5.74, 6) is -1.74. The van der Waals surface area contributed by atoms with Crippen LogP contribution in [0.5, 0.6) is 0 Å². The summed E-state index contributed by atoms with van der Waals surface area (Å²) < 4.78 is 26.0. The van der Waals surface area contributed by atoms with Crippen molar-refractivity contribution in [2.24, 2.45) is 5.73 Å². The number of hydrogen-bond acceptors (Lipinski definition) is 3. The molecule has 1 aromatic rings. The molecular formula is C9H12F2N2O. The predicted molar refractivity (Wildman–Crippen MR) is 49.4 cm³/mol. The van der Waals surface area contributed by atoms with Gasteiger partial charge >= 0.3 is 0 Å². The number of halogens is 2. The molecule has 14 heavy (non-hydrogen) atoms. The summed E-state index contributed by atoms with van der Waals surface area (Å²) in [5, 5.41) is 8.90. The molecule has 0 heterocycles. The highest BCUT2D eigenvalue weighted by atomic mass is 19.1. The SMILES string of the molecule is CC(N)(CO)c1cc(F)c(N)c(F)c1. The molecule has 0 radical (unpaired) electrons. The number of nitrogens with two attached hydrogens (primary N) is 2. The van der Waals surface area contributed by atoms with E-state index in [-0.39, 0.29) is 5.56 Å². The van der Waals surface area contributed by atoms with E-state index in [4.69, 9.17) is 16.6 Å². The van der Waals surface area contributed by atoms with Gasteiger partial charge in [-0.15, -0.1) is 0 Å². The second-order valence-corrected chi connectivity index (χ2v) is 3.43. The fourth-order valence-electron chi connectivity index (χ4n) is 1.01. The van der Waals surface area contributed by atoms with Gasteiger partial charge in [-0.2, -0.15) is 0 Å². The summed E-state index contributed by atoms with van der Waals surface area (Å²) in [6.07, 6.45) is 0. The van der Waals surface area contributed by atoms with Crippen molar-refractivity contribution in [3.05, 3.63) is 29.3 Å². The monoisotopic (exact) mass is 202 g/mol. The van der Waals surface area contributed by atoms with Gasteiger partial charge in [-0.1, -0.05) is 0 Å². The third-order valence-electron chi connectivity index (χ3n) is 2.07. The Morgan fingerprint density at radius 2 is 1.79 bits per heavy atom. The molecule has 0 aliphatic carbocycles. The van der Waals surface area contributed by atoms with E-state index in [2.05, 4.69) is 0 Å². The van der Waals surface area contributed by atoms with Crippen LogP contribution in [0.1, 0.15) is 12.5 Å². The summed E-state index contributed by atoms with van der Waals surface area (Å²) in [5.41, 5.74) is 9.14. The minimum atomic E-state index is -1.17. The molecule has 0 spiro atoms. The van der Waals surface area contributed by atoms with Crippen LogP contribution in [0.3, 0.4) is 0 Å². The van der Waals surface area contributed by atoms with Crippen molar-refractivity contribution in [3.8, 4) is 0 Å². The Labute approximate surface area is 80.3 Å². The van der Waals surface area contributed by atoms with Crippen LogP contribution >= 0.6 is 0 Å². The lowest BCUT2D eigenvalue weighted by Crippen LogP contribution is -2.37. The minimum Gasteiger partial charge on any atom is -0.394 e. The van der Waals surface area contributed by atoms with E-state index in [1.165, 1.54) is 6.92 Å². The molecule has 0 aliphatic rings. The normalized spacial score (nSPS) is 15.2. The molecule has 78 valence electrons. The van der Waals surface area contributed by atoms with Gasteiger partial charge < -0.3 is 16.6 Å². The third kappa shape index (κ3) is 1.83. The van der Waals surface area contributed by atoms with Gasteiger partial charge in [-0.05, 0) is 24.6 Å². The minimum absolute atomic E-state index is 0.171. The molecule has 0 saturated heterocycles. The molecule has 1 unspecified atom stereocenters. The predicted octanol–water partition coefficient (Wildman–Crippen LogP) is 0.713. The van der Waals surface area contributed by atoms with Gasteiger partial charge in [0.25, 0.3) is 0 Å². The molecule has 5 N–H and O–H groups in total. The van der Waals surface area contributed by atoms with Crippen LogP contribution in [0, 0.1) is 11.6 Å². The molecule has 0 bridgehead atoms. The summed E-state index contributed by atoms with van der Waals surface area (Å²) in [6, 6.07) is 2.04. The van der Waals surface area contributed by atoms with E-state index in [1.54, 1.807) is 0 Å². The number of aliphatic hydroxyl groups excluding tert-OH is 1. The second-order valence-electron chi connectivity index (χ2n) is 3.43. The average molecular weight is 202 g/mol. The van der Waals surface area contributed by atoms with Crippen LogP contribution in [0.2, 0.25) is 0 Å². The zero-order chi connectivity index (χ0) is 10.9. The third-order valence-corrected chi connectivity index (χ3v) is 2.07. The quantitative estimate of drug-likeness (QED) is 0.618. The lowest BCUT2D eigenvalue weighted by molar-refractivity contribution is 0.209. The van der Waals surface area contributed by atoms with Crippen LogP contribution in [0.15, 0.2) is 12.1 Å². The van der Waals surface area contributed by atoms with E-state index < -0.39 is 29.5 Å². The first kappa shape index (κ1) is 10.9. The lowest BCUT2D eigenvalue weighted by Gasteiger charge is -2.22. The molecule has 1 rings (SSSR count). The molecule has 0 fully saturated rings. The topological polar surface area (TPSA) is 72.3 Å². The number of nitrogen functional groups attached to an aromatic ring is 1. The van der Waals surface area contributed by atoms with E-state index in [0.717, 1.165) is 12.1 Å². The molecule has 1 aromatic carbocycles. The standard InChI is InChI=1S/C9H12F2N2O/c1-9(13,4-14)5-2-6(10)8(12)7(11)3-5/h2-3,14H,4,12-13H2,1H3. The Morgan fingerprint density at radius 1 is 1.36 bits per heavy atom. The van der Waals surface area contributed by atoms with E-state index >= 15 is 0 Å². The fraction of sp³-hybridized carbons (Fsp3) is 0.333. The largest absolute Gasteiger partial charge is 0.394 e. The van der Waals surface area contributed by atoms with Crippen LogP contribution in [0.4, 0.5) is 14.5 Å². The zero-order valence-corrected chi connectivity index (χ0v) is 7.72. The average Bonchev–Trinajstić information content (AvgIpc) is 2.13. The van der Waals surface area contributed by atoms with E-state index in [0.29, 0.717) is 0 Å². The smallest absolute Gasteiger partial charge is 0.149 e. The highest BCUT2D eigenvalue weighted by molar-refractivity contribution is 5.44. The number of aliphatic hydroxyl groups is 1. The summed E-state index contributed by atoms with van der Waals surface area (Å²) >= 11 is 0. The van der Waals surface area contributed by atoms with Gasteiger partial charge in [-0.3, -0.25) is 0 Å². The molecule has 1 atom stereocenters. The van der Waals surface area contributed by atoms with Crippen LogP contribution in [-0.4, -0.2) is 11.7 Å².